The number of nitrogens with zero attached hydrogens (tertiary/aromatic N) is 3. The van der Waals surface area contributed by atoms with E-state index in [9.17, 15) is 5.11 Å². The lowest BCUT2D eigenvalue weighted by atomic mass is 10.1. The first-order valence-corrected chi connectivity index (χ1v) is 5.36. The number of hydrogen-bond acceptors (Lipinski definition) is 3. The molecule has 0 bridgehead atoms. The topological polar surface area (TPSA) is 50.9 Å². The molecule has 4 nitrogen and oxygen atoms in total. The lowest BCUT2D eigenvalue weighted by molar-refractivity contribution is 0.277. The molecule has 0 spiro atoms. The Morgan fingerprint density at radius 1 is 1.24 bits per heavy atom. The number of aromatic nitrogens is 3. The molecule has 0 unspecified atom stereocenters. The minimum Gasteiger partial charge on any atom is -0.390 e. The van der Waals surface area contributed by atoms with Gasteiger partial charge in [0.2, 0.25) is 0 Å². The van der Waals surface area contributed by atoms with E-state index in [1.54, 1.807) is 12.5 Å². The maximum atomic E-state index is 9.23. The molecule has 0 saturated carbocycles. The van der Waals surface area contributed by atoms with Crippen LogP contribution in [0.4, 0.5) is 0 Å². The summed E-state index contributed by atoms with van der Waals surface area (Å²) in [5.41, 5.74) is 0.660. The Balaban J connectivity index is 2.35. The van der Waals surface area contributed by atoms with E-state index in [1.165, 1.54) is 0 Å². The van der Waals surface area contributed by atoms with Gasteiger partial charge >= 0.3 is 0 Å². The summed E-state index contributed by atoms with van der Waals surface area (Å²) in [7, 11) is 0. The number of pyridine rings is 1. The van der Waals surface area contributed by atoms with Crippen LogP contribution in [0.5, 0.6) is 0 Å². The number of hydrogen-bond donors (Lipinski definition) is 1. The van der Waals surface area contributed by atoms with Gasteiger partial charge in [-0.1, -0.05) is 24.3 Å². The van der Waals surface area contributed by atoms with E-state index in [0.29, 0.717) is 5.69 Å². The van der Waals surface area contributed by atoms with Crippen LogP contribution < -0.4 is 0 Å². The largest absolute Gasteiger partial charge is 0.390 e. The number of aliphatic hydroxyl groups excluding tert-OH is 1. The van der Waals surface area contributed by atoms with E-state index in [2.05, 4.69) is 9.97 Å². The van der Waals surface area contributed by atoms with Gasteiger partial charge in [-0.3, -0.25) is 4.57 Å². The lowest BCUT2D eigenvalue weighted by Gasteiger charge is -2.08. The van der Waals surface area contributed by atoms with Crippen LogP contribution in [0.1, 0.15) is 5.69 Å². The van der Waals surface area contributed by atoms with Gasteiger partial charge in [-0.15, -0.1) is 0 Å². The molecule has 0 saturated heterocycles. The molecule has 3 aromatic rings. The van der Waals surface area contributed by atoms with Crippen LogP contribution in [-0.2, 0) is 6.61 Å². The van der Waals surface area contributed by atoms with Crippen molar-refractivity contribution in [2.45, 2.75) is 6.61 Å². The second kappa shape index (κ2) is 3.99. The number of benzene rings is 1. The highest BCUT2D eigenvalue weighted by Gasteiger charge is 2.06. The van der Waals surface area contributed by atoms with Gasteiger partial charge in [0.25, 0.3) is 0 Å². The van der Waals surface area contributed by atoms with Gasteiger partial charge in [-0.2, -0.15) is 0 Å². The molecule has 2 heterocycles. The molecular weight excluding hydrogens is 214 g/mol. The predicted octanol–water partition coefficient (Wildman–Crippen LogP) is 1.91. The Kier molecular flexibility index (Phi) is 2.34. The van der Waals surface area contributed by atoms with E-state index in [-0.39, 0.29) is 6.61 Å². The Labute approximate surface area is 98.2 Å². The molecule has 4 heteroatoms. The number of aliphatic hydroxyl groups is 1. The fraction of sp³-hybridized carbons (Fsp3) is 0.0769. The van der Waals surface area contributed by atoms with Gasteiger partial charge in [-0.05, 0) is 11.5 Å². The number of rotatable bonds is 2. The molecular formula is C13H11N3O. The molecule has 0 aliphatic carbocycles. The van der Waals surface area contributed by atoms with E-state index < -0.39 is 0 Å². The second-order valence-corrected chi connectivity index (χ2v) is 3.79. The van der Waals surface area contributed by atoms with Gasteiger partial charge in [0, 0.05) is 17.8 Å². The van der Waals surface area contributed by atoms with Crippen molar-refractivity contribution in [1.82, 2.24) is 14.5 Å². The Bertz CT molecular complexity index is 647. The summed E-state index contributed by atoms with van der Waals surface area (Å²) in [6, 6.07) is 9.87. The van der Waals surface area contributed by atoms with Crippen molar-refractivity contribution in [1.29, 1.82) is 0 Å². The van der Waals surface area contributed by atoms with Crippen LogP contribution in [0.25, 0.3) is 16.6 Å². The molecule has 1 aromatic carbocycles. The Hall–Kier alpha value is -2.20. The highest BCUT2D eigenvalue weighted by Crippen LogP contribution is 2.21. The SMILES string of the molecule is OCc1cc2ccccc2c(-n2ccnc2)n1. The molecule has 3 rings (SSSR count). The van der Waals surface area contributed by atoms with E-state index in [1.807, 2.05) is 41.1 Å². The summed E-state index contributed by atoms with van der Waals surface area (Å²) in [4.78, 5) is 8.46. The average Bonchev–Trinajstić information content (AvgIpc) is 2.91. The molecule has 0 aliphatic heterocycles. The zero-order chi connectivity index (χ0) is 11.7. The maximum Gasteiger partial charge on any atom is 0.146 e. The van der Waals surface area contributed by atoms with Gasteiger partial charge in [-0.25, -0.2) is 9.97 Å². The highest BCUT2D eigenvalue weighted by molar-refractivity contribution is 5.88. The number of fused-ring (bicyclic) bond motifs is 1. The molecule has 84 valence electrons. The summed E-state index contributed by atoms with van der Waals surface area (Å²) in [5.74, 6) is 0.796. The Morgan fingerprint density at radius 2 is 2.12 bits per heavy atom. The third-order valence-electron chi connectivity index (χ3n) is 2.68. The zero-order valence-corrected chi connectivity index (χ0v) is 9.11. The smallest absolute Gasteiger partial charge is 0.146 e. The van der Waals surface area contributed by atoms with Crippen molar-refractivity contribution in [3.63, 3.8) is 0 Å². The predicted molar refractivity (Wildman–Crippen MR) is 64.8 cm³/mol. The van der Waals surface area contributed by atoms with Gasteiger partial charge in [0.15, 0.2) is 0 Å². The standard InChI is InChI=1S/C13H11N3O/c17-8-11-7-10-3-1-2-4-12(10)13(15-11)16-6-5-14-9-16/h1-7,9,17H,8H2. The quantitative estimate of drug-likeness (QED) is 0.724. The zero-order valence-electron chi connectivity index (χ0n) is 9.11. The van der Waals surface area contributed by atoms with Crippen LogP contribution in [-0.4, -0.2) is 19.6 Å². The molecule has 17 heavy (non-hydrogen) atoms. The van der Waals surface area contributed by atoms with Crippen molar-refractivity contribution in [2.24, 2.45) is 0 Å². The van der Waals surface area contributed by atoms with E-state index in [4.69, 9.17) is 0 Å². The highest BCUT2D eigenvalue weighted by atomic mass is 16.3. The first-order chi connectivity index (χ1) is 8.38. The molecule has 0 amide bonds. The van der Waals surface area contributed by atoms with Crippen LogP contribution in [0.3, 0.4) is 0 Å². The van der Waals surface area contributed by atoms with Crippen molar-refractivity contribution >= 4 is 10.8 Å². The number of imidazole rings is 1. The molecule has 2 aromatic heterocycles. The third kappa shape index (κ3) is 1.68. The van der Waals surface area contributed by atoms with Crippen molar-refractivity contribution in [2.75, 3.05) is 0 Å². The van der Waals surface area contributed by atoms with Crippen LogP contribution in [0.2, 0.25) is 0 Å². The average molecular weight is 225 g/mol. The van der Waals surface area contributed by atoms with Crippen molar-refractivity contribution in [3.05, 3.63) is 54.7 Å². The first kappa shape index (κ1) is 9.99. The summed E-state index contributed by atoms with van der Waals surface area (Å²) < 4.78 is 1.85. The van der Waals surface area contributed by atoms with E-state index in [0.717, 1.165) is 16.6 Å². The summed E-state index contributed by atoms with van der Waals surface area (Å²) in [5, 5.41) is 11.3. The molecule has 0 radical (unpaired) electrons. The van der Waals surface area contributed by atoms with Gasteiger partial charge in [0.05, 0.1) is 12.3 Å². The summed E-state index contributed by atoms with van der Waals surface area (Å²) in [6.45, 7) is -0.0630. The van der Waals surface area contributed by atoms with Gasteiger partial charge < -0.3 is 5.11 Å². The van der Waals surface area contributed by atoms with Crippen LogP contribution >= 0.6 is 0 Å². The monoisotopic (exact) mass is 225 g/mol. The van der Waals surface area contributed by atoms with E-state index >= 15 is 0 Å². The van der Waals surface area contributed by atoms with Crippen molar-refractivity contribution in [3.8, 4) is 5.82 Å². The molecule has 0 fully saturated rings. The fourth-order valence-electron chi connectivity index (χ4n) is 1.90. The first-order valence-electron chi connectivity index (χ1n) is 5.36. The molecule has 1 N–H and O–H groups in total. The van der Waals surface area contributed by atoms with Crippen LogP contribution in [0.15, 0.2) is 49.1 Å². The molecule has 0 atom stereocenters. The van der Waals surface area contributed by atoms with Crippen molar-refractivity contribution < 1.29 is 5.11 Å². The second-order valence-electron chi connectivity index (χ2n) is 3.79. The summed E-state index contributed by atoms with van der Waals surface area (Å²) >= 11 is 0. The fourth-order valence-corrected chi connectivity index (χ4v) is 1.90. The minimum absolute atomic E-state index is 0.0630. The van der Waals surface area contributed by atoms with Crippen LogP contribution in [0, 0.1) is 0 Å². The minimum atomic E-state index is -0.0630. The normalized spacial score (nSPS) is 10.9. The lowest BCUT2D eigenvalue weighted by Crippen LogP contribution is -2.00. The molecule has 0 aliphatic rings. The third-order valence-corrected chi connectivity index (χ3v) is 2.68. The summed E-state index contributed by atoms with van der Waals surface area (Å²) in [6.07, 6.45) is 5.26. The Morgan fingerprint density at radius 3 is 2.88 bits per heavy atom. The maximum absolute atomic E-state index is 9.23. The van der Waals surface area contributed by atoms with Gasteiger partial charge in [0.1, 0.15) is 12.1 Å².